The van der Waals surface area contributed by atoms with Crippen LogP contribution in [0.25, 0.3) is 0 Å². The van der Waals surface area contributed by atoms with Crippen LogP contribution in [-0.2, 0) is 0 Å². The number of ether oxygens (including phenoxy) is 1. The van der Waals surface area contributed by atoms with Crippen molar-refractivity contribution < 1.29 is 14.3 Å². The maximum Gasteiger partial charge on any atom is 0.431 e. The summed E-state index contributed by atoms with van der Waals surface area (Å²) in [5, 5.41) is 0. The Bertz CT molecular complexity index is 558. The Morgan fingerprint density at radius 2 is 1.63 bits per heavy atom. The second kappa shape index (κ2) is 6.15. The lowest BCUT2D eigenvalue weighted by molar-refractivity contribution is 0.0928. The second-order valence-electron chi connectivity index (χ2n) is 3.52. The SMILES string of the molecule is O=C(NNC(=O)c1ccncc1)Oc1ccccc1. The minimum atomic E-state index is -0.770. The van der Waals surface area contributed by atoms with Gasteiger partial charge >= 0.3 is 6.09 Å². The van der Waals surface area contributed by atoms with E-state index < -0.39 is 12.0 Å². The van der Waals surface area contributed by atoms with Crippen molar-refractivity contribution >= 4 is 12.0 Å². The number of hydrazine groups is 1. The zero-order valence-electron chi connectivity index (χ0n) is 9.87. The molecule has 19 heavy (non-hydrogen) atoms. The van der Waals surface area contributed by atoms with Crippen LogP contribution in [0.5, 0.6) is 5.75 Å². The molecule has 2 rings (SSSR count). The Morgan fingerprint density at radius 1 is 0.947 bits per heavy atom. The number of carbonyl (C=O) groups excluding carboxylic acids is 2. The van der Waals surface area contributed by atoms with E-state index in [-0.39, 0.29) is 0 Å². The quantitative estimate of drug-likeness (QED) is 0.799. The first-order valence-electron chi connectivity index (χ1n) is 5.49. The van der Waals surface area contributed by atoms with Crippen LogP contribution < -0.4 is 15.6 Å². The molecule has 0 aliphatic rings. The minimum Gasteiger partial charge on any atom is -0.409 e. The lowest BCUT2D eigenvalue weighted by Gasteiger charge is -2.07. The van der Waals surface area contributed by atoms with Crippen molar-refractivity contribution in [1.29, 1.82) is 0 Å². The number of benzene rings is 1. The molecule has 0 spiro atoms. The predicted octanol–water partition coefficient (Wildman–Crippen LogP) is 1.51. The van der Waals surface area contributed by atoms with Crippen molar-refractivity contribution in [1.82, 2.24) is 15.8 Å². The summed E-state index contributed by atoms with van der Waals surface area (Å²) in [6.45, 7) is 0. The highest BCUT2D eigenvalue weighted by Gasteiger charge is 2.07. The van der Waals surface area contributed by atoms with Crippen LogP contribution in [-0.4, -0.2) is 17.0 Å². The van der Waals surface area contributed by atoms with Gasteiger partial charge in [-0.2, -0.15) is 0 Å². The highest BCUT2D eigenvalue weighted by Crippen LogP contribution is 2.07. The lowest BCUT2D eigenvalue weighted by atomic mass is 10.3. The van der Waals surface area contributed by atoms with Gasteiger partial charge in [-0.15, -0.1) is 0 Å². The summed E-state index contributed by atoms with van der Waals surface area (Å²) < 4.78 is 4.92. The van der Waals surface area contributed by atoms with Crippen molar-refractivity contribution in [2.75, 3.05) is 0 Å². The van der Waals surface area contributed by atoms with Crippen LogP contribution in [0.2, 0.25) is 0 Å². The van der Waals surface area contributed by atoms with E-state index in [0.717, 1.165) is 0 Å². The maximum absolute atomic E-state index is 11.6. The largest absolute Gasteiger partial charge is 0.431 e. The van der Waals surface area contributed by atoms with E-state index in [9.17, 15) is 9.59 Å². The predicted molar refractivity (Wildman–Crippen MR) is 67.3 cm³/mol. The number of nitrogens with zero attached hydrogens (tertiary/aromatic N) is 1. The van der Waals surface area contributed by atoms with Crippen LogP contribution >= 0.6 is 0 Å². The Labute approximate surface area is 109 Å². The third-order valence-corrected chi connectivity index (χ3v) is 2.17. The monoisotopic (exact) mass is 257 g/mol. The van der Waals surface area contributed by atoms with Crippen molar-refractivity contribution in [3.05, 3.63) is 60.4 Å². The number of aromatic nitrogens is 1. The van der Waals surface area contributed by atoms with Gasteiger partial charge in [-0.3, -0.25) is 15.2 Å². The molecule has 2 aromatic rings. The molecular weight excluding hydrogens is 246 g/mol. The van der Waals surface area contributed by atoms with E-state index >= 15 is 0 Å². The van der Waals surface area contributed by atoms with E-state index in [4.69, 9.17) is 4.74 Å². The Balaban J connectivity index is 1.83. The molecule has 1 heterocycles. The highest BCUT2D eigenvalue weighted by molar-refractivity contribution is 5.94. The number of para-hydroxylation sites is 1. The molecule has 1 aromatic carbocycles. The van der Waals surface area contributed by atoms with E-state index in [1.807, 2.05) is 0 Å². The number of amides is 2. The Kier molecular flexibility index (Phi) is 4.07. The molecule has 0 radical (unpaired) electrons. The summed E-state index contributed by atoms with van der Waals surface area (Å²) in [5.74, 6) is -0.0643. The average Bonchev–Trinajstić information content (AvgIpc) is 2.47. The van der Waals surface area contributed by atoms with Crippen LogP contribution in [0.1, 0.15) is 10.4 Å². The average molecular weight is 257 g/mol. The van der Waals surface area contributed by atoms with E-state index in [0.29, 0.717) is 11.3 Å². The molecule has 0 atom stereocenters. The molecular formula is C13H11N3O3. The Morgan fingerprint density at radius 3 is 2.32 bits per heavy atom. The van der Waals surface area contributed by atoms with E-state index in [2.05, 4.69) is 15.8 Å². The molecule has 0 saturated heterocycles. The van der Waals surface area contributed by atoms with Gasteiger partial charge in [0.1, 0.15) is 5.75 Å². The first kappa shape index (κ1) is 12.6. The number of carbonyl (C=O) groups is 2. The van der Waals surface area contributed by atoms with Crippen molar-refractivity contribution in [3.8, 4) is 5.75 Å². The van der Waals surface area contributed by atoms with Gasteiger partial charge in [0.25, 0.3) is 5.91 Å². The second-order valence-corrected chi connectivity index (χ2v) is 3.52. The summed E-state index contributed by atoms with van der Waals surface area (Å²) >= 11 is 0. The van der Waals surface area contributed by atoms with Gasteiger partial charge in [0.2, 0.25) is 0 Å². The number of rotatable bonds is 2. The van der Waals surface area contributed by atoms with Crippen LogP contribution in [0.4, 0.5) is 4.79 Å². The lowest BCUT2D eigenvalue weighted by Crippen LogP contribution is -2.43. The molecule has 0 fully saturated rings. The molecule has 1 aromatic heterocycles. The van der Waals surface area contributed by atoms with E-state index in [1.54, 1.807) is 30.3 Å². The molecule has 0 unspecified atom stereocenters. The van der Waals surface area contributed by atoms with Gasteiger partial charge in [0.15, 0.2) is 0 Å². The third-order valence-electron chi connectivity index (χ3n) is 2.17. The Hall–Kier alpha value is -2.89. The summed E-state index contributed by atoms with van der Waals surface area (Å²) in [7, 11) is 0. The van der Waals surface area contributed by atoms with Gasteiger partial charge in [-0.05, 0) is 24.3 Å². The summed E-state index contributed by atoms with van der Waals surface area (Å²) in [6, 6.07) is 11.6. The number of hydrogen-bond donors (Lipinski definition) is 2. The third kappa shape index (κ3) is 3.81. The fourth-order valence-electron chi connectivity index (χ4n) is 1.30. The van der Waals surface area contributed by atoms with Crippen molar-refractivity contribution in [2.45, 2.75) is 0 Å². The minimum absolute atomic E-state index is 0.384. The molecule has 0 aliphatic carbocycles. The molecule has 0 aliphatic heterocycles. The smallest absolute Gasteiger partial charge is 0.409 e. The van der Waals surface area contributed by atoms with Crippen LogP contribution in [0, 0.1) is 0 Å². The summed E-state index contributed by atoms with van der Waals surface area (Å²) in [5.41, 5.74) is 4.76. The van der Waals surface area contributed by atoms with Gasteiger partial charge in [0.05, 0.1) is 0 Å². The molecule has 2 amide bonds. The molecule has 0 saturated carbocycles. The zero-order chi connectivity index (χ0) is 13.5. The summed E-state index contributed by atoms with van der Waals surface area (Å²) in [4.78, 5) is 26.8. The number of pyridine rings is 1. The van der Waals surface area contributed by atoms with Gasteiger partial charge < -0.3 is 4.74 Å². The molecule has 0 bridgehead atoms. The zero-order valence-corrected chi connectivity index (χ0v) is 9.87. The maximum atomic E-state index is 11.6. The summed E-state index contributed by atoms with van der Waals surface area (Å²) in [6.07, 6.45) is 2.20. The fourth-order valence-corrected chi connectivity index (χ4v) is 1.30. The molecule has 2 N–H and O–H groups in total. The van der Waals surface area contributed by atoms with Crippen molar-refractivity contribution in [2.24, 2.45) is 0 Å². The van der Waals surface area contributed by atoms with E-state index in [1.165, 1.54) is 24.5 Å². The van der Waals surface area contributed by atoms with Gasteiger partial charge in [-0.1, -0.05) is 18.2 Å². The van der Waals surface area contributed by atoms with Crippen LogP contribution in [0.15, 0.2) is 54.9 Å². The van der Waals surface area contributed by atoms with Gasteiger partial charge in [-0.25, -0.2) is 10.2 Å². The first-order chi connectivity index (χ1) is 9.25. The van der Waals surface area contributed by atoms with Crippen molar-refractivity contribution in [3.63, 3.8) is 0 Å². The number of nitrogens with one attached hydrogen (secondary N) is 2. The molecule has 96 valence electrons. The van der Waals surface area contributed by atoms with Gasteiger partial charge in [0, 0.05) is 18.0 Å². The fraction of sp³-hybridized carbons (Fsp3) is 0. The molecule has 6 heteroatoms. The molecule has 6 nitrogen and oxygen atoms in total. The topological polar surface area (TPSA) is 80.3 Å². The normalized spacial score (nSPS) is 9.47. The van der Waals surface area contributed by atoms with Crippen LogP contribution in [0.3, 0.4) is 0 Å². The standard InChI is InChI=1S/C13H11N3O3/c17-12(10-6-8-14-9-7-10)15-16-13(18)19-11-4-2-1-3-5-11/h1-9H,(H,15,17)(H,16,18). The number of hydrogen-bond acceptors (Lipinski definition) is 4. The highest BCUT2D eigenvalue weighted by atomic mass is 16.6. The first-order valence-corrected chi connectivity index (χ1v) is 5.49.